The van der Waals surface area contributed by atoms with Crippen LogP contribution in [0.25, 0.3) is 5.69 Å². The molecule has 0 saturated carbocycles. The molecule has 1 aromatic carbocycles. The Bertz CT molecular complexity index is 1070. The van der Waals surface area contributed by atoms with Crippen molar-refractivity contribution in [2.75, 3.05) is 6.54 Å². The van der Waals surface area contributed by atoms with Crippen molar-refractivity contribution in [3.05, 3.63) is 64.7 Å². The molecule has 1 amide bonds. The summed E-state index contributed by atoms with van der Waals surface area (Å²) in [4.78, 5) is 12.3. The largest absolute Gasteiger partial charge is 0.434 e. The van der Waals surface area contributed by atoms with E-state index in [4.69, 9.17) is 0 Å². The Labute approximate surface area is 172 Å². The second-order valence-corrected chi connectivity index (χ2v) is 6.74. The maximum Gasteiger partial charge on any atom is 0.434 e. The molecule has 166 valence electrons. The van der Waals surface area contributed by atoms with Crippen molar-refractivity contribution in [2.45, 2.75) is 32.1 Å². The number of nitrogens with zero attached hydrogens (tertiary/aromatic N) is 3. The molecule has 2 aromatic heterocycles. The number of benzene rings is 1. The minimum atomic E-state index is -5.02. The third-order valence-electron chi connectivity index (χ3n) is 4.54. The molecule has 0 spiro atoms. The Kier molecular flexibility index (Phi) is 6.09. The maximum atomic E-state index is 13.7. The first-order valence-corrected chi connectivity index (χ1v) is 9.08. The smallest absolute Gasteiger partial charge is 0.352 e. The Hall–Kier alpha value is -3.31. The second-order valence-electron chi connectivity index (χ2n) is 6.74. The lowest BCUT2D eigenvalue weighted by Gasteiger charge is -2.14. The van der Waals surface area contributed by atoms with Gasteiger partial charge < -0.3 is 5.32 Å². The molecule has 0 saturated heterocycles. The van der Waals surface area contributed by atoms with E-state index in [1.807, 2.05) is 6.92 Å². The highest BCUT2D eigenvalue weighted by Crippen LogP contribution is 2.35. The van der Waals surface area contributed by atoms with Crippen molar-refractivity contribution in [3.8, 4) is 5.69 Å². The first-order chi connectivity index (χ1) is 14.5. The van der Waals surface area contributed by atoms with Gasteiger partial charge in [0.05, 0.1) is 29.2 Å². The van der Waals surface area contributed by atoms with E-state index in [9.17, 15) is 31.1 Å². The number of hydrogen-bond acceptors (Lipinski definition) is 3. The standard InChI is InChI=1S/C19H17F6N5O/c1-11-12(9-27-29-11)4-3-7-26-17(31)15-10-28-30(16(15)19(23,24)25)14-6-2-5-13(8-14)18(20,21)22/h2,5-6,8-10H,3-4,7H2,1H3,(H,26,31)(H,27,29). The Balaban J connectivity index is 1.81. The van der Waals surface area contributed by atoms with E-state index in [-0.39, 0.29) is 6.54 Å². The molecule has 0 atom stereocenters. The number of carbonyl (C=O) groups excluding carboxylic acids is 1. The summed E-state index contributed by atoms with van der Waals surface area (Å²) in [5.41, 5.74) is -2.04. The monoisotopic (exact) mass is 445 g/mol. The van der Waals surface area contributed by atoms with Crippen molar-refractivity contribution in [2.24, 2.45) is 0 Å². The molecule has 2 N–H and O–H groups in total. The van der Waals surface area contributed by atoms with Gasteiger partial charge >= 0.3 is 12.4 Å². The van der Waals surface area contributed by atoms with Gasteiger partial charge in [-0.15, -0.1) is 0 Å². The Morgan fingerprint density at radius 1 is 1.13 bits per heavy atom. The lowest BCUT2D eigenvalue weighted by Crippen LogP contribution is -2.27. The van der Waals surface area contributed by atoms with E-state index in [0.717, 1.165) is 29.5 Å². The van der Waals surface area contributed by atoms with Crippen LogP contribution in [0.15, 0.2) is 36.7 Å². The molecule has 0 unspecified atom stereocenters. The third kappa shape index (κ3) is 5.06. The van der Waals surface area contributed by atoms with Crippen LogP contribution < -0.4 is 5.32 Å². The van der Waals surface area contributed by atoms with Gasteiger partial charge in [-0.1, -0.05) is 6.07 Å². The molecule has 12 heteroatoms. The third-order valence-corrected chi connectivity index (χ3v) is 4.54. The normalized spacial score (nSPS) is 12.2. The van der Waals surface area contributed by atoms with Crippen LogP contribution in [-0.4, -0.2) is 32.4 Å². The lowest BCUT2D eigenvalue weighted by atomic mass is 10.1. The molecule has 0 aliphatic heterocycles. The highest BCUT2D eigenvalue weighted by molar-refractivity contribution is 5.95. The highest BCUT2D eigenvalue weighted by atomic mass is 19.4. The SMILES string of the molecule is Cc1[nH]ncc1CCCNC(=O)c1cnn(-c2cccc(C(F)(F)F)c2)c1C(F)(F)F. The first kappa shape index (κ1) is 22.4. The number of carbonyl (C=O) groups is 1. The van der Waals surface area contributed by atoms with Crippen LogP contribution in [0.1, 0.15) is 39.3 Å². The summed E-state index contributed by atoms with van der Waals surface area (Å²) in [7, 11) is 0. The summed E-state index contributed by atoms with van der Waals surface area (Å²) in [6, 6.07) is 3.29. The quantitative estimate of drug-likeness (QED) is 0.439. The van der Waals surface area contributed by atoms with E-state index in [2.05, 4.69) is 20.6 Å². The van der Waals surface area contributed by atoms with E-state index in [1.165, 1.54) is 0 Å². The zero-order valence-electron chi connectivity index (χ0n) is 16.1. The van der Waals surface area contributed by atoms with Crippen molar-refractivity contribution in [3.63, 3.8) is 0 Å². The average molecular weight is 445 g/mol. The summed E-state index contributed by atoms with van der Waals surface area (Å²) in [6.07, 6.45) is -6.44. The molecular weight excluding hydrogens is 428 g/mol. The Morgan fingerprint density at radius 3 is 2.48 bits per heavy atom. The number of aromatic amines is 1. The number of aromatic nitrogens is 4. The van der Waals surface area contributed by atoms with Crippen molar-refractivity contribution >= 4 is 5.91 Å². The van der Waals surface area contributed by atoms with Gasteiger partial charge in [0, 0.05) is 12.2 Å². The number of H-pyrrole nitrogens is 1. The van der Waals surface area contributed by atoms with Crippen molar-refractivity contribution < 1.29 is 31.1 Å². The fourth-order valence-electron chi connectivity index (χ4n) is 3.00. The molecule has 0 radical (unpaired) electrons. The number of aryl methyl sites for hydroxylation is 2. The number of halogens is 6. The van der Waals surface area contributed by atoms with Crippen LogP contribution in [-0.2, 0) is 18.8 Å². The molecule has 6 nitrogen and oxygen atoms in total. The number of hydrogen-bond donors (Lipinski definition) is 2. The van der Waals surface area contributed by atoms with Crippen LogP contribution in [0.3, 0.4) is 0 Å². The first-order valence-electron chi connectivity index (χ1n) is 9.08. The molecule has 2 heterocycles. The highest BCUT2D eigenvalue weighted by Gasteiger charge is 2.41. The minimum Gasteiger partial charge on any atom is -0.352 e. The summed E-state index contributed by atoms with van der Waals surface area (Å²) in [5.74, 6) is -1.02. The van der Waals surface area contributed by atoms with Gasteiger partial charge in [-0.05, 0) is 43.5 Å². The van der Waals surface area contributed by atoms with Gasteiger partial charge in [0.25, 0.3) is 5.91 Å². The van der Waals surface area contributed by atoms with Crippen molar-refractivity contribution in [1.29, 1.82) is 0 Å². The van der Waals surface area contributed by atoms with E-state index in [1.54, 1.807) is 6.20 Å². The van der Waals surface area contributed by atoms with Crippen LogP contribution in [0, 0.1) is 6.92 Å². The topological polar surface area (TPSA) is 75.6 Å². The summed E-state index contributed by atoms with van der Waals surface area (Å²) >= 11 is 0. The van der Waals surface area contributed by atoms with Gasteiger partial charge in [-0.2, -0.15) is 36.5 Å². The zero-order chi connectivity index (χ0) is 22.8. The van der Waals surface area contributed by atoms with Crippen LogP contribution in [0.4, 0.5) is 26.3 Å². The van der Waals surface area contributed by atoms with E-state index >= 15 is 0 Å². The van der Waals surface area contributed by atoms with Gasteiger partial charge in [-0.3, -0.25) is 9.89 Å². The number of alkyl halides is 6. The molecule has 0 aliphatic carbocycles. The van der Waals surface area contributed by atoms with Crippen LogP contribution in [0.2, 0.25) is 0 Å². The van der Waals surface area contributed by atoms with Gasteiger partial charge in [0.15, 0.2) is 5.69 Å². The number of nitrogens with one attached hydrogen (secondary N) is 2. The lowest BCUT2D eigenvalue weighted by molar-refractivity contribution is -0.143. The van der Waals surface area contributed by atoms with Gasteiger partial charge in [0.1, 0.15) is 0 Å². The molecular formula is C19H17F6N5O. The molecule has 0 aliphatic rings. The predicted molar refractivity (Wildman–Crippen MR) is 97.5 cm³/mol. The fraction of sp³-hybridized carbons (Fsp3) is 0.316. The van der Waals surface area contributed by atoms with Crippen LogP contribution in [0.5, 0.6) is 0 Å². The molecule has 31 heavy (non-hydrogen) atoms. The average Bonchev–Trinajstić information content (AvgIpc) is 3.31. The van der Waals surface area contributed by atoms with Gasteiger partial charge in [-0.25, -0.2) is 4.68 Å². The molecule has 3 rings (SSSR count). The summed E-state index contributed by atoms with van der Waals surface area (Å²) in [6.45, 7) is 1.91. The maximum absolute atomic E-state index is 13.7. The number of amides is 1. The van der Waals surface area contributed by atoms with E-state index in [0.29, 0.717) is 29.8 Å². The Morgan fingerprint density at radius 2 is 1.87 bits per heavy atom. The summed E-state index contributed by atoms with van der Waals surface area (Å²) in [5, 5.41) is 12.5. The summed E-state index contributed by atoms with van der Waals surface area (Å²) < 4.78 is 80.1. The van der Waals surface area contributed by atoms with Crippen LogP contribution >= 0.6 is 0 Å². The second kappa shape index (κ2) is 8.44. The molecule has 3 aromatic rings. The minimum absolute atomic E-state index is 0.0927. The molecule has 0 bridgehead atoms. The van der Waals surface area contributed by atoms with E-state index < -0.39 is 40.8 Å². The fourth-order valence-corrected chi connectivity index (χ4v) is 3.00. The van der Waals surface area contributed by atoms with Gasteiger partial charge in [0.2, 0.25) is 0 Å². The predicted octanol–water partition coefficient (Wildman–Crippen LogP) is 4.30. The number of rotatable bonds is 6. The molecule has 0 fully saturated rings. The van der Waals surface area contributed by atoms with Crippen molar-refractivity contribution in [1.82, 2.24) is 25.3 Å². The zero-order valence-corrected chi connectivity index (χ0v) is 16.1.